The molecular formula is C17H16BBr2ClF6N6O4. The number of hydrogen-bond acceptors (Lipinski definition) is 10. The van der Waals surface area contributed by atoms with Crippen molar-refractivity contribution in [1.82, 2.24) is 29.9 Å². The predicted octanol–water partition coefficient (Wildman–Crippen LogP) is 3.81. The summed E-state index contributed by atoms with van der Waals surface area (Å²) in [5.74, 6) is 0. The molecule has 2 N–H and O–H groups in total. The van der Waals surface area contributed by atoms with E-state index in [0.29, 0.717) is 4.47 Å². The van der Waals surface area contributed by atoms with Crippen LogP contribution in [-0.2, 0) is 0 Å². The van der Waals surface area contributed by atoms with Gasteiger partial charge in [0, 0.05) is 42.6 Å². The molecule has 10 nitrogen and oxygen atoms in total. The van der Waals surface area contributed by atoms with E-state index >= 15 is 0 Å². The van der Waals surface area contributed by atoms with E-state index in [0.717, 1.165) is 16.9 Å². The van der Waals surface area contributed by atoms with Crippen molar-refractivity contribution in [3.05, 3.63) is 51.4 Å². The highest BCUT2D eigenvalue weighted by molar-refractivity contribution is 9.10. The second-order valence-electron chi connectivity index (χ2n) is 5.83. The molecular weight excluding hydrogens is 672 g/mol. The summed E-state index contributed by atoms with van der Waals surface area (Å²) < 4.78 is 79.8. The third-order valence-electron chi connectivity index (χ3n) is 2.86. The maximum atomic E-state index is 11.7. The van der Waals surface area contributed by atoms with E-state index in [1.165, 1.54) is 12.4 Å². The van der Waals surface area contributed by atoms with Gasteiger partial charge in [-0.15, -0.1) is 0 Å². The van der Waals surface area contributed by atoms with Crippen molar-refractivity contribution >= 4 is 56.0 Å². The molecule has 0 fully saturated rings. The highest BCUT2D eigenvalue weighted by Crippen LogP contribution is 2.16. The minimum Gasteiger partial charge on any atom is -0.454 e. The minimum absolute atomic E-state index is 0. The Morgan fingerprint density at radius 2 is 1.03 bits per heavy atom. The molecule has 0 aliphatic carbocycles. The summed E-state index contributed by atoms with van der Waals surface area (Å²) in [6.07, 6.45) is -1.11. The number of rotatable bonds is 5. The SMILES string of the molecule is C.Clc1ncc(Br)cn1.FC(F)(F)COc1ncc(Br)cn1.OB(O)c1cnc(OCC(F)(F)F)nc1. The highest BCUT2D eigenvalue weighted by Gasteiger charge is 2.29. The van der Waals surface area contributed by atoms with Crippen LogP contribution in [0.1, 0.15) is 7.43 Å². The van der Waals surface area contributed by atoms with Crippen LogP contribution >= 0.6 is 43.5 Å². The number of halogens is 9. The van der Waals surface area contributed by atoms with Crippen LogP contribution in [0.5, 0.6) is 12.0 Å². The summed E-state index contributed by atoms with van der Waals surface area (Å²) in [6, 6.07) is -0.766. The smallest absolute Gasteiger partial charge is 0.454 e. The average molecular weight is 688 g/mol. The molecule has 0 bridgehead atoms. The first-order valence-corrected chi connectivity index (χ1v) is 10.8. The molecule has 3 aromatic rings. The molecule has 3 heterocycles. The summed E-state index contributed by atoms with van der Waals surface area (Å²) in [5, 5.41) is 17.5. The molecule has 0 saturated heterocycles. The van der Waals surface area contributed by atoms with E-state index < -0.39 is 38.7 Å². The van der Waals surface area contributed by atoms with Crippen LogP contribution in [0, 0.1) is 0 Å². The third-order valence-corrected chi connectivity index (χ3v) is 3.88. The van der Waals surface area contributed by atoms with Gasteiger partial charge < -0.3 is 19.5 Å². The van der Waals surface area contributed by atoms with Crippen molar-refractivity contribution in [2.24, 2.45) is 0 Å². The van der Waals surface area contributed by atoms with Gasteiger partial charge >= 0.3 is 31.5 Å². The molecule has 0 radical (unpaired) electrons. The van der Waals surface area contributed by atoms with Crippen LogP contribution in [0.3, 0.4) is 0 Å². The molecule has 0 unspecified atom stereocenters. The van der Waals surface area contributed by atoms with Gasteiger partial charge in [0.1, 0.15) is 0 Å². The van der Waals surface area contributed by atoms with Gasteiger partial charge in [0.05, 0.1) is 8.95 Å². The first kappa shape index (κ1) is 34.7. The molecule has 37 heavy (non-hydrogen) atoms. The van der Waals surface area contributed by atoms with Crippen molar-refractivity contribution < 1.29 is 45.9 Å². The second-order valence-corrected chi connectivity index (χ2v) is 8.00. The fraction of sp³-hybridized carbons (Fsp3) is 0.294. The standard InChI is InChI=1S/C6H6BF3N2O3.C6H4BrF3N2O.C4H2BrClN2.CH4/c8-6(9,10)3-15-5-11-1-4(2-12-5)7(13)14;7-4-1-11-5(12-2-4)13-3-6(8,9)10;5-3-1-7-4(6)8-2-3;/h1-2,13-14H,3H2;1-2H,3H2;1-2H;1H4. The first-order valence-electron chi connectivity index (χ1n) is 8.82. The number of aromatic nitrogens is 6. The number of alkyl halides is 6. The predicted molar refractivity (Wildman–Crippen MR) is 126 cm³/mol. The zero-order valence-electron chi connectivity index (χ0n) is 17.3. The monoisotopic (exact) mass is 686 g/mol. The Hall–Kier alpha value is -2.35. The van der Waals surface area contributed by atoms with Gasteiger partial charge in [-0.25, -0.2) is 29.9 Å². The van der Waals surface area contributed by atoms with Gasteiger partial charge in [-0.2, -0.15) is 26.3 Å². The van der Waals surface area contributed by atoms with Crippen molar-refractivity contribution in [1.29, 1.82) is 0 Å². The molecule has 20 heteroatoms. The van der Waals surface area contributed by atoms with E-state index in [9.17, 15) is 26.3 Å². The van der Waals surface area contributed by atoms with Crippen LogP contribution in [0.25, 0.3) is 0 Å². The van der Waals surface area contributed by atoms with Crippen LogP contribution in [0.4, 0.5) is 26.3 Å². The van der Waals surface area contributed by atoms with Crippen molar-refractivity contribution in [3.8, 4) is 12.0 Å². The normalized spacial score (nSPS) is 10.6. The Morgan fingerprint density at radius 3 is 1.32 bits per heavy atom. The molecule has 0 aromatic carbocycles. The van der Waals surface area contributed by atoms with Crippen molar-refractivity contribution in [2.45, 2.75) is 19.8 Å². The molecule has 0 atom stereocenters. The van der Waals surface area contributed by atoms with Crippen LogP contribution in [0.2, 0.25) is 5.28 Å². The first-order chi connectivity index (χ1) is 16.6. The minimum atomic E-state index is -4.46. The molecule has 0 spiro atoms. The summed E-state index contributed by atoms with van der Waals surface area (Å²) in [6.45, 7) is -2.87. The van der Waals surface area contributed by atoms with Gasteiger partial charge in [-0.05, 0) is 43.5 Å². The van der Waals surface area contributed by atoms with E-state index in [4.69, 9.17) is 21.6 Å². The van der Waals surface area contributed by atoms with Crippen LogP contribution < -0.4 is 14.9 Å². The van der Waals surface area contributed by atoms with E-state index in [1.54, 1.807) is 12.4 Å². The van der Waals surface area contributed by atoms with Crippen molar-refractivity contribution in [3.63, 3.8) is 0 Å². The molecule has 0 aliphatic heterocycles. The lowest BCUT2D eigenvalue weighted by Crippen LogP contribution is -2.30. The maximum absolute atomic E-state index is 11.7. The van der Waals surface area contributed by atoms with E-state index in [2.05, 4.69) is 71.2 Å². The van der Waals surface area contributed by atoms with Gasteiger partial charge in [0.25, 0.3) is 0 Å². The van der Waals surface area contributed by atoms with Gasteiger partial charge in [-0.3, -0.25) is 0 Å². The largest absolute Gasteiger partial charge is 0.491 e. The van der Waals surface area contributed by atoms with Crippen molar-refractivity contribution in [2.75, 3.05) is 13.2 Å². The quantitative estimate of drug-likeness (QED) is 0.232. The Labute approximate surface area is 227 Å². The molecule has 204 valence electrons. The summed E-state index contributed by atoms with van der Waals surface area (Å²) >= 11 is 11.6. The highest BCUT2D eigenvalue weighted by atomic mass is 79.9. The molecule has 0 saturated carbocycles. The lowest BCUT2D eigenvalue weighted by molar-refractivity contribution is -0.155. The Balaban J connectivity index is 0.000000540. The maximum Gasteiger partial charge on any atom is 0.491 e. The Morgan fingerprint density at radius 1 is 0.703 bits per heavy atom. The Kier molecular flexibility index (Phi) is 15.4. The zero-order chi connectivity index (χ0) is 27.4. The summed E-state index contributed by atoms with van der Waals surface area (Å²) in [4.78, 5) is 21.1. The summed E-state index contributed by atoms with van der Waals surface area (Å²) in [7, 11) is -1.76. The van der Waals surface area contributed by atoms with Crippen LogP contribution in [-0.4, -0.2) is 72.6 Å². The molecule has 3 rings (SSSR count). The lowest BCUT2D eigenvalue weighted by Gasteiger charge is -2.07. The van der Waals surface area contributed by atoms with Gasteiger partial charge in [-0.1, -0.05) is 7.43 Å². The fourth-order valence-corrected chi connectivity index (χ4v) is 2.01. The zero-order valence-corrected chi connectivity index (χ0v) is 21.2. The van der Waals surface area contributed by atoms with Crippen LogP contribution in [0.15, 0.2) is 46.1 Å². The molecule has 0 amide bonds. The number of nitrogens with zero attached hydrogens (tertiary/aromatic N) is 6. The average Bonchev–Trinajstić information content (AvgIpc) is 2.79. The topological polar surface area (TPSA) is 136 Å². The Bertz CT molecular complexity index is 1020. The lowest BCUT2D eigenvalue weighted by atomic mass is 9.83. The molecule has 3 aromatic heterocycles. The number of hydrogen-bond donors (Lipinski definition) is 2. The second kappa shape index (κ2) is 16.5. The van der Waals surface area contributed by atoms with E-state index in [1.807, 2.05) is 0 Å². The van der Waals surface area contributed by atoms with E-state index in [-0.39, 0.29) is 24.2 Å². The fourth-order valence-electron chi connectivity index (χ4n) is 1.50. The van der Waals surface area contributed by atoms with Gasteiger partial charge in [0.15, 0.2) is 13.2 Å². The number of ether oxygens (including phenoxy) is 2. The van der Waals surface area contributed by atoms with Gasteiger partial charge in [0.2, 0.25) is 5.28 Å². The third kappa shape index (κ3) is 17.7. The summed E-state index contributed by atoms with van der Waals surface area (Å²) in [5.41, 5.74) is -0.0330. The molecule has 0 aliphatic rings.